The van der Waals surface area contributed by atoms with E-state index in [4.69, 9.17) is 15.9 Å². The van der Waals surface area contributed by atoms with Crippen molar-refractivity contribution in [2.75, 3.05) is 6.61 Å². The van der Waals surface area contributed by atoms with Crippen LogP contribution in [0.5, 0.6) is 5.75 Å². The number of hydrogen-bond donors (Lipinski definition) is 0. The minimum Gasteiger partial charge on any atom is -0.476 e. The molecule has 4 heteroatoms. The number of terminal acetylenes is 1. The monoisotopic (exact) mass is 236 g/mol. The Bertz CT molecular complexity index is 429. The maximum Gasteiger partial charge on any atom is 0.350 e. The summed E-state index contributed by atoms with van der Waals surface area (Å²) in [4.78, 5) is 11.6. The van der Waals surface area contributed by atoms with E-state index in [1.165, 1.54) is 24.3 Å². The first-order valence-electron chi connectivity index (χ1n) is 5.01. The van der Waals surface area contributed by atoms with E-state index in [1.807, 2.05) is 0 Å². The van der Waals surface area contributed by atoms with Crippen LogP contribution in [-0.4, -0.2) is 18.2 Å². The van der Waals surface area contributed by atoms with Crippen LogP contribution in [0.15, 0.2) is 24.3 Å². The zero-order valence-electron chi connectivity index (χ0n) is 9.70. The van der Waals surface area contributed by atoms with Crippen molar-refractivity contribution in [3.63, 3.8) is 0 Å². The normalized spacial score (nSPS) is 10.5. The molecule has 0 atom stereocenters. The van der Waals surface area contributed by atoms with Gasteiger partial charge in [0.15, 0.2) is 12.2 Å². The molecule has 0 amide bonds. The number of hydrogen-bond acceptors (Lipinski definition) is 3. The van der Waals surface area contributed by atoms with Crippen LogP contribution in [0.4, 0.5) is 4.39 Å². The summed E-state index contributed by atoms with van der Waals surface area (Å²) < 4.78 is 22.9. The molecule has 0 aliphatic carbocycles. The summed E-state index contributed by atoms with van der Waals surface area (Å²) in [5, 5.41) is 0. The summed E-state index contributed by atoms with van der Waals surface area (Å²) >= 11 is 0. The number of halogens is 1. The Labute approximate surface area is 99.5 Å². The van der Waals surface area contributed by atoms with E-state index < -0.39 is 11.6 Å². The van der Waals surface area contributed by atoms with Crippen LogP contribution in [0.1, 0.15) is 13.8 Å². The average molecular weight is 236 g/mol. The lowest BCUT2D eigenvalue weighted by atomic mass is 10.1. The molecule has 0 aliphatic rings. The standard InChI is InChI=1S/C13H13FO3/c1-4-9-16-12(15)13(2,3)17-11-7-5-10(14)6-8-11/h1,5-8H,9H2,2-3H3. The fourth-order valence-electron chi connectivity index (χ4n) is 1.12. The third-order valence-corrected chi connectivity index (χ3v) is 1.96. The maximum atomic E-state index is 12.7. The van der Waals surface area contributed by atoms with Crippen LogP contribution in [0.2, 0.25) is 0 Å². The SMILES string of the molecule is C#CCOC(=O)C(C)(C)Oc1ccc(F)cc1. The molecular weight excluding hydrogens is 223 g/mol. The fourth-order valence-corrected chi connectivity index (χ4v) is 1.12. The molecule has 0 heterocycles. The molecule has 0 radical (unpaired) electrons. The molecular formula is C13H13FO3. The van der Waals surface area contributed by atoms with Gasteiger partial charge in [0.2, 0.25) is 0 Å². The number of carbonyl (C=O) groups excluding carboxylic acids is 1. The molecule has 1 rings (SSSR count). The number of esters is 1. The zero-order valence-corrected chi connectivity index (χ0v) is 9.70. The van der Waals surface area contributed by atoms with Crippen LogP contribution >= 0.6 is 0 Å². The molecule has 1 aromatic carbocycles. The van der Waals surface area contributed by atoms with Gasteiger partial charge < -0.3 is 9.47 Å². The van der Waals surface area contributed by atoms with Gasteiger partial charge in [-0.1, -0.05) is 5.92 Å². The molecule has 0 saturated carbocycles. The summed E-state index contributed by atoms with van der Waals surface area (Å²) in [6.07, 6.45) is 4.98. The first-order valence-corrected chi connectivity index (χ1v) is 5.01. The van der Waals surface area contributed by atoms with Crippen LogP contribution in [0, 0.1) is 18.2 Å². The molecule has 0 spiro atoms. The van der Waals surface area contributed by atoms with Crippen molar-refractivity contribution >= 4 is 5.97 Å². The van der Waals surface area contributed by atoms with Gasteiger partial charge in [-0.15, -0.1) is 6.42 Å². The van der Waals surface area contributed by atoms with Crippen molar-refractivity contribution < 1.29 is 18.7 Å². The summed E-state index contributed by atoms with van der Waals surface area (Å²) in [6, 6.07) is 5.37. The lowest BCUT2D eigenvalue weighted by Gasteiger charge is -2.23. The molecule has 0 unspecified atom stereocenters. The van der Waals surface area contributed by atoms with E-state index >= 15 is 0 Å². The van der Waals surface area contributed by atoms with E-state index in [2.05, 4.69) is 5.92 Å². The van der Waals surface area contributed by atoms with Crippen molar-refractivity contribution in [1.29, 1.82) is 0 Å². The van der Waals surface area contributed by atoms with Crippen molar-refractivity contribution in [1.82, 2.24) is 0 Å². The second-order valence-corrected chi connectivity index (χ2v) is 3.85. The van der Waals surface area contributed by atoms with Crippen molar-refractivity contribution in [3.8, 4) is 18.1 Å². The van der Waals surface area contributed by atoms with E-state index in [1.54, 1.807) is 13.8 Å². The third kappa shape index (κ3) is 3.80. The van der Waals surface area contributed by atoms with E-state index in [0.717, 1.165) is 0 Å². The molecule has 0 aromatic heterocycles. The summed E-state index contributed by atoms with van der Waals surface area (Å²) in [6.45, 7) is 3.00. The van der Waals surface area contributed by atoms with Gasteiger partial charge in [0.05, 0.1) is 0 Å². The average Bonchev–Trinajstić information content (AvgIpc) is 2.28. The fraction of sp³-hybridized carbons (Fsp3) is 0.308. The first-order chi connectivity index (χ1) is 7.95. The smallest absolute Gasteiger partial charge is 0.350 e. The van der Waals surface area contributed by atoms with Gasteiger partial charge >= 0.3 is 5.97 Å². The number of rotatable bonds is 4. The lowest BCUT2D eigenvalue weighted by Crippen LogP contribution is -2.39. The van der Waals surface area contributed by atoms with Crippen molar-refractivity contribution in [2.24, 2.45) is 0 Å². The van der Waals surface area contributed by atoms with Gasteiger partial charge in [-0.05, 0) is 38.1 Å². The second-order valence-electron chi connectivity index (χ2n) is 3.85. The van der Waals surface area contributed by atoms with Gasteiger partial charge in [0.25, 0.3) is 0 Å². The highest BCUT2D eigenvalue weighted by molar-refractivity contribution is 5.79. The maximum absolute atomic E-state index is 12.7. The molecule has 0 fully saturated rings. The molecule has 1 aromatic rings. The van der Waals surface area contributed by atoms with Crippen LogP contribution in [0.25, 0.3) is 0 Å². The second kappa shape index (κ2) is 5.35. The van der Waals surface area contributed by atoms with Gasteiger partial charge in [-0.25, -0.2) is 9.18 Å². The Balaban J connectivity index is 2.69. The van der Waals surface area contributed by atoms with Crippen LogP contribution in [-0.2, 0) is 9.53 Å². The summed E-state index contributed by atoms with van der Waals surface area (Å²) in [7, 11) is 0. The Hall–Kier alpha value is -2.02. The zero-order chi connectivity index (χ0) is 12.9. The van der Waals surface area contributed by atoms with Crippen molar-refractivity contribution in [3.05, 3.63) is 30.1 Å². The number of ether oxygens (including phenoxy) is 2. The first kappa shape index (κ1) is 13.0. The molecule has 3 nitrogen and oxygen atoms in total. The quantitative estimate of drug-likeness (QED) is 0.593. The van der Waals surface area contributed by atoms with Gasteiger partial charge in [-0.3, -0.25) is 0 Å². The van der Waals surface area contributed by atoms with Gasteiger partial charge in [0.1, 0.15) is 11.6 Å². The molecule has 0 saturated heterocycles. The summed E-state index contributed by atoms with van der Waals surface area (Å²) in [5.74, 6) is 1.64. The molecule has 0 N–H and O–H groups in total. The minimum absolute atomic E-state index is 0.102. The predicted molar refractivity (Wildman–Crippen MR) is 60.9 cm³/mol. The highest BCUT2D eigenvalue weighted by Gasteiger charge is 2.31. The molecule has 0 aliphatic heterocycles. The highest BCUT2D eigenvalue weighted by Crippen LogP contribution is 2.19. The molecule has 17 heavy (non-hydrogen) atoms. The Morgan fingerprint density at radius 3 is 2.53 bits per heavy atom. The Morgan fingerprint density at radius 2 is 2.00 bits per heavy atom. The number of benzene rings is 1. The van der Waals surface area contributed by atoms with Gasteiger partial charge in [-0.2, -0.15) is 0 Å². The lowest BCUT2D eigenvalue weighted by molar-refractivity contribution is -0.157. The Kier molecular flexibility index (Phi) is 4.11. The van der Waals surface area contributed by atoms with Crippen molar-refractivity contribution in [2.45, 2.75) is 19.4 Å². The van der Waals surface area contributed by atoms with E-state index in [-0.39, 0.29) is 12.4 Å². The van der Waals surface area contributed by atoms with E-state index in [9.17, 15) is 9.18 Å². The largest absolute Gasteiger partial charge is 0.476 e. The molecule has 0 bridgehead atoms. The third-order valence-electron chi connectivity index (χ3n) is 1.96. The Morgan fingerprint density at radius 1 is 1.41 bits per heavy atom. The van der Waals surface area contributed by atoms with Crippen LogP contribution < -0.4 is 4.74 Å². The van der Waals surface area contributed by atoms with Crippen LogP contribution in [0.3, 0.4) is 0 Å². The minimum atomic E-state index is -1.17. The highest BCUT2D eigenvalue weighted by atomic mass is 19.1. The van der Waals surface area contributed by atoms with E-state index in [0.29, 0.717) is 5.75 Å². The summed E-state index contributed by atoms with van der Waals surface area (Å²) in [5.41, 5.74) is -1.17. The number of carbonyl (C=O) groups is 1. The predicted octanol–water partition coefficient (Wildman–Crippen LogP) is 2.16. The van der Waals surface area contributed by atoms with Gasteiger partial charge in [0, 0.05) is 0 Å². The molecule has 90 valence electrons. The topological polar surface area (TPSA) is 35.5 Å².